The lowest BCUT2D eigenvalue weighted by Gasteiger charge is -2.12. The number of rotatable bonds is 2. The first kappa shape index (κ1) is 11.9. The fraction of sp³-hybridized carbons (Fsp3) is 0.167. The minimum absolute atomic E-state index is 0.549. The third-order valence-corrected chi connectivity index (χ3v) is 2.86. The van der Waals surface area contributed by atoms with Gasteiger partial charge in [0.2, 0.25) is 5.95 Å². The summed E-state index contributed by atoms with van der Waals surface area (Å²) in [5.41, 5.74) is 9.39. The van der Waals surface area contributed by atoms with E-state index in [0.29, 0.717) is 11.6 Å². The Bertz CT molecular complexity index is 514. The lowest BCUT2D eigenvalue weighted by Crippen LogP contribution is -2.01. The Kier molecular flexibility index (Phi) is 3.28. The minimum atomic E-state index is 0.549. The molecular weight excluding hydrogens is 280 g/mol. The molecule has 0 fully saturated rings. The minimum Gasteiger partial charge on any atom is -0.396 e. The van der Waals surface area contributed by atoms with Crippen LogP contribution >= 0.6 is 15.9 Å². The van der Waals surface area contributed by atoms with Crippen LogP contribution in [0.4, 0.5) is 17.3 Å². The third kappa shape index (κ3) is 2.74. The predicted octanol–water partition coefficient (Wildman–Crippen LogP) is 3.18. The summed E-state index contributed by atoms with van der Waals surface area (Å²) in [7, 11) is 0. The summed E-state index contributed by atoms with van der Waals surface area (Å²) in [5.74, 6) is 0.549. The van der Waals surface area contributed by atoms with E-state index in [2.05, 4.69) is 31.2 Å². The SMILES string of the molecule is Cc1cc(Br)cc(C)c1Nc1ncc(N)cn1. The second-order valence-electron chi connectivity index (χ2n) is 3.88. The van der Waals surface area contributed by atoms with Crippen LogP contribution in [0.25, 0.3) is 0 Å². The molecule has 0 spiro atoms. The standard InChI is InChI=1S/C12H13BrN4/c1-7-3-9(13)4-8(2)11(7)17-12-15-5-10(14)6-16-12/h3-6H,14H2,1-2H3,(H,15,16,17). The number of benzene rings is 1. The monoisotopic (exact) mass is 292 g/mol. The van der Waals surface area contributed by atoms with Gasteiger partial charge in [0.25, 0.3) is 0 Å². The number of halogens is 1. The number of hydrogen-bond acceptors (Lipinski definition) is 4. The number of anilines is 3. The van der Waals surface area contributed by atoms with E-state index in [9.17, 15) is 0 Å². The Labute approximate surface area is 108 Å². The Hall–Kier alpha value is -1.62. The predicted molar refractivity (Wildman–Crippen MR) is 73.3 cm³/mol. The van der Waals surface area contributed by atoms with Crippen LogP contribution in [0.2, 0.25) is 0 Å². The lowest BCUT2D eigenvalue weighted by molar-refractivity contribution is 1.16. The maximum absolute atomic E-state index is 5.54. The zero-order valence-corrected chi connectivity index (χ0v) is 11.2. The zero-order valence-electron chi connectivity index (χ0n) is 9.66. The highest BCUT2D eigenvalue weighted by atomic mass is 79.9. The summed E-state index contributed by atoms with van der Waals surface area (Å²) in [6, 6.07) is 4.10. The van der Waals surface area contributed by atoms with E-state index in [1.165, 1.54) is 0 Å². The Morgan fingerprint density at radius 2 is 1.65 bits per heavy atom. The first-order valence-corrected chi connectivity index (χ1v) is 5.97. The molecule has 0 amide bonds. The summed E-state index contributed by atoms with van der Waals surface area (Å²) in [4.78, 5) is 8.24. The molecule has 17 heavy (non-hydrogen) atoms. The van der Waals surface area contributed by atoms with Crippen LogP contribution in [0.1, 0.15) is 11.1 Å². The van der Waals surface area contributed by atoms with Crippen molar-refractivity contribution in [3.8, 4) is 0 Å². The van der Waals surface area contributed by atoms with E-state index in [1.54, 1.807) is 12.4 Å². The van der Waals surface area contributed by atoms with Crippen LogP contribution in [0.5, 0.6) is 0 Å². The van der Waals surface area contributed by atoms with E-state index in [-0.39, 0.29) is 0 Å². The van der Waals surface area contributed by atoms with Gasteiger partial charge in [-0.2, -0.15) is 0 Å². The molecule has 0 aliphatic heterocycles. The van der Waals surface area contributed by atoms with Gasteiger partial charge in [0.05, 0.1) is 18.1 Å². The molecule has 0 aliphatic carbocycles. The van der Waals surface area contributed by atoms with E-state index in [1.807, 2.05) is 26.0 Å². The van der Waals surface area contributed by atoms with E-state index < -0.39 is 0 Å². The molecule has 5 heteroatoms. The van der Waals surface area contributed by atoms with Gasteiger partial charge in [-0.15, -0.1) is 0 Å². The van der Waals surface area contributed by atoms with Crippen molar-refractivity contribution in [1.82, 2.24) is 9.97 Å². The zero-order chi connectivity index (χ0) is 12.4. The third-order valence-electron chi connectivity index (χ3n) is 2.41. The highest BCUT2D eigenvalue weighted by Crippen LogP contribution is 2.26. The van der Waals surface area contributed by atoms with Gasteiger partial charge in [-0.3, -0.25) is 0 Å². The Morgan fingerprint density at radius 1 is 1.12 bits per heavy atom. The van der Waals surface area contributed by atoms with Crippen LogP contribution in [-0.4, -0.2) is 9.97 Å². The van der Waals surface area contributed by atoms with E-state index >= 15 is 0 Å². The van der Waals surface area contributed by atoms with Crippen molar-refractivity contribution in [2.75, 3.05) is 11.1 Å². The normalized spacial score (nSPS) is 10.3. The average molecular weight is 293 g/mol. The van der Waals surface area contributed by atoms with Gasteiger partial charge in [0.15, 0.2) is 0 Å². The highest BCUT2D eigenvalue weighted by Gasteiger charge is 2.05. The van der Waals surface area contributed by atoms with Gasteiger partial charge in [-0.05, 0) is 37.1 Å². The van der Waals surface area contributed by atoms with Gasteiger partial charge >= 0.3 is 0 Å². The summed E-state index contributed by atoms with van der Waals surface area (Å²) in [6.45, 7) is 4.08. The van der Waals surface area contributed by atoms with Crippen LogP contribution in [0.3, 0.4) is 0 Å². The quantitative estimate of drug-likeness (QED) is 0.892. The topological polar surface area (TPSA) is 63.8 Å². The molecule has 0 atom stereocenters. The molecule has 88 valence electrons. The smallest absolute Gasteiger partial charge is 0.227 e. The number of aromatic nitrogens is 2. The largest absolute Gasteiger partial charge is 0.396 e. The van der Waals surface area contributed by atoms with Gasteiger partial charge in [-0.25, -0.2) is 9.97 Å². The summed E-state index contributed by atoms with van der Waals surface area (Å²) >= 11 is 3.47. The Balaban J connectivity index is 2.33. The number of nitrogens with zero attached hydrogens (tertiary/aromatic N) is 2. The van der Waals surface area contributed by atoms with Gasteiger partial charge in [-0.1, -0.05) is 15.9 Å². The first-order valence-electron chi connectivity index (χ1n) is 5.17. The van der Waals surface area contributed by atoms with Crippen molar-refractivity contribution in [1.29, 1.82) is 0 Å². The van der Waals surface area contributed by atoms with Crippen molar-refractivity contribution in [2.24, 2.45) is 0 Å². The Morgan fingerprint density at radius 3 is 2.18 bits per heavy atom. The molecule has 0 bridgehead atoms. The summed E-state index contributed by atoms with van der Waals surface area (Å²) in [5, 5.41) is 3.20. The molecule has 1 aromatic carbocycles. The van der Waals surface area contributed by atoms with Crippen LogP contribution in [-0.2, 0) is 0 Å². The average Bonchev–Trinajstić information content (AvgIpc) is 2.26. The van der Waals surface area contributed by atoms with Crippen molar-refractivity contribution in [3.63, 3.8) is 0 Å². The molecule has 0 unspecified atom stereocenters. The lowest BCUT2D eigenvalue weighted by atomic mass is 10.1. The maximum atomic E-state index is 5.54. The number of nitrogens with two attached hydrogens (primary N) is 1. The summed E-state index contributed by atoms with van der Waals surface area (Å²) in [6.07, 6.45) is 3.16. The molecule has 1 heterocycles. The number of aryl methyl sites for hydroxylation is 2. The molecule has 0 aliphatic rings. The van der Waals surface area contributed by atoms with Crippen molar-refractivity contribution in [3.05, 3.63) is 40.1 Å². The highest BCUT2D eigenvalue weighted by molar-refractivity contribution is 9.10. The maximum Gasteiger partial charge on any atom is 0.227 e. The van der Waals surface area contributed by atoms with Crippen LogP contribution in [0.15, 0.2) is 29.0 Å². The van der Waals surface area contributed by atoms with Gasteiger partial charge in [0.1, 0.15) is 0 Å². The van der Waals surface area contributed by atoms with Gasteiger partial charge < -0.3 is 11.1 Å². The van der Waals surface area contributed by atoms with Crippen molar-refractivity contribution in [2.45, 2.75) is 13.8 Å². The summed E-state index contributed by atoms with van der Waals surface area (Å²) < 4.78 is 1.07. The van der Waals surface area contributed by atoms with Crippen LogP contribution in [0, 0.1) is 13.8 Å². The molecule has 4 nitrogen and oxygen atoms in total. The van der Waals surface area contributed by atoms with E-state index in [4.69, 9.17) is 5.73 Å². The molecule has 0 saturated heterocycles. The number of hydrogen-bond donors (Lipinski definition) is 2. The molecular formula is C12H13BrN4. The van der Waals surface area contributed by atoms with Crippen LogP contribution < -0.4 is 11.1 Å². The second kappa shape index (κ2) is 4.71. The van der Waals surface area contributed by atoms with E-state index in [0.717, 1.165) is 21.3 Å². The number of nitrogens with one attached hydrogen (secondary N) is 1. The van der Waals surface area contributed by atoms with Gasteiger partial charge in [0, 0.05) is 10.2 Å². The fourth-order valence-corrected chi connectivity index (χ4v) is 2.31. The van der Waals surface area contributed by atoms with Crippen molar-refractivity contribution < 1.29 is 0 Å². The second-order valence-corrected chi connectivity index (χ2v) is 4.80. The fourth-order valence-electron chi connectivity index (χ4n) is 1.62. The first-order chi connectivity index (χ1) is 8.06. The molecule has 3 N–H and O–H groups in total. The molecule has 2 aromatic rings. The molecule has 1 aromatic heterocycles. The molecule has 0 saturated carbocycles. The van der Waals surface area contributed by atoms with Crippen molar-refractivity contribution >= 4 is 33.3 Å². The molecule has 0 radical (unpaired) electrons. The number of nitrogen functional groups attached to an aromatic ring is 1. The molecule has 2 rings (SSSR count).